The van der Waals surface area contributed by atoms with Gasteiger partial charge in [-0.25, -0.2) is 0 Å². The van der Waals surface area contributed by atoms with Gasteiger partial charge in [0.25, 0.3) is 0 Å². The molecule has 3 rings (SSSR count). The van der Waals surface area contributed by atoms with Crippen LogP contribution in [0.4, 0.5) is 17.5 Å². The Kier molecular flexibility index (Phi) is 6.83. The van der Waals surface area contributed by atoms with Crippen molar-refractivity contribution in [2.75, 3.05) is 17.2 Å². The number of fused-ring (bicyclic) bond motifs is 1. The van der Waals surface area contributed by atoms with Gasteiger partial charge in [-0.1, -0.05) is 39.3 Å². The lowest BCUT2D eigenvalue weighted by atomic mass is 10.0. The highest BCUT2D eigenvalue weighted by Crippen LogP contribution is 2.38. The molecule has 0 fully saturated rings. The van der Waals surface area contributed by atoms with E-state index in [-0.39, 0.29) is 30.5 Å². The smallest absolute Gasteiger partial charge is 0.205 e. The van der Waals surface area contributed by atoms with Crippen LogP contribution in [0.25, 0.3) is 11.4 Å². The second-order valence-corrected chi connectivity index (χ2v) is 8.93. The van der Waals surface area contributed by atoms with E-state index < -0.39 is 0 Å². The van der Waals surface area contributed by atoms with Crippen molar-refractivity contribution in [2.24, 2.45) is 5.92 Å². The molecule has 0 saturated heterocycles. The van der Waals surface area contributed by atoms with Crippen LogP contribution in [0.3, 0.4) is 0 Å². The molecule has 30 heavy (non-hydrogen) atoms. The average molecular weight is 431 g/mol. The number of hydrogen-bond donors (Lipinski definition) is 3. The molecule has 2 heterocycles. The zero-order chi connectivity index (χ0) is 22.0. The molecule has 1 atom stereocenters. The van der Waals surface area contributed by atoms with Crippen LogP contribution in [-0.4, -0.2) is 37.5 Å². The predicted octanol–water partition coefficient (Wildman–Crippen LogP) is 5.31. The fourth-order valence-corrected chi connectivity index (χ4v) is 3.50. The molecule has 1 unspecified atom stereocenters. The second-order valence-electron chi connectivity index (χ2n) is 8.49. The normalized spacial score (nSPS) is 12.9. The third-order valence-corrected chi connectivity index (χ3v) is 5.37. The first-order valence-corrected chi connectivity index (χ1v) is 10.8. The van der Waals surface area contributed by atoms with E-state index in [9.17, 15) is 5.11 Å². The number of anilines is 3. The molecule has 3 N–H and O–H groups in total. The van der Waals surface area contributed by atoms with E-state index in [0.717, 1.165) is 22.8 Å². The Bertz CT molecular complexity index is 951. The predicted molar refractivity (Wildman–Crippen MR) is 123 cm³/mol. The van der Waals surface area contributed by atoms with Crippen LogP contribution in [-0.2, 0) is 0 Å². The first-order valence-electron chi connectivity index (χ1n) is 10.4. The van der Waals surface area contributed by atoms with Crippen molar-refractivity contribution < 1.29 is 5.11 Å². The van der Waals surface area contributed by atoms with Crippen molar-refractivity contribution in [3.63, 3.8) is 0 Å². The largest absolute Gasteiger partial charge is 0.394 e. The summed E-state index contributed by atoms with van der Waals surface area (Å²) in [5.41, 5.74) is 3.46. The number of rotatable bonds is 8. The second kappa shape index (κ2) is 9.18. The standard InChI is InChI=1S/C22H31ClN6O/c1-12(2)17(11-30)25-22-26-21(24-16-9-7-15(23)8-10-16)19-20(29(22)14(5)6)18(13(3)4)27-28-19/h7-10,12-14,17,24,30H,11H2,1-6H3,(H,25,26). The van der Waals surface area contributed by atoms with Gasteiger partial charge >= 0.3 is 0 Å². The molecule has 8 heteroatoms. The van der Waals surface area contributed by atoms with E-state index >= 15 is 0 Å². The summed E-state index contributed by atoms with van der Waals surface area (Å²) < 4.78 is 2.13. The minimum Gasteiger partial charge on any atom is -0.394 e. The van der Waals surface area contributed by atoms with E-state index in [1.54, 1.807) is 0 Å². The minimum absolute atomic E-state index is 0.0178. The summed E-state index contributed by atoms with van der Waals surface area (Å²) in [5, 5.41) is 26.3. The fraction of sp³-hybridized carbons (Fsp3) is 0.500. The molecular weight excluding hydrogens is 400 g/mol. The number of aromatic nitrogens is 4. The molecule has 2 aliphatic heterocycles. The quantitative estimate of drug-likeness (QED) is 0.449. The van der Waals surface area contributed by atoms with Crippen LogP contribution in [0, 0.1) is 5.92 Å². The van der Waals surface area contributed by atoms with Gasteiger partial charge in [-0.05, 0) is 49.9 Å². The van der Waals surface area contributed by atoms with Gasteiger partial charge in [0.15, 0.2) is 11.5 Å². The summed E-state index contributed by atoms with van der Waals surface area (Å²) in [5.74, 6) is 1.74. The van der Waals surface area contributed by atoms with Crippen LogP contribution in [0.5, 0.6) is 0 Å². The molecule has 0 bridgehead atoms. The highest BCUT2D eigenvalue weighted by atomic mass is 35.5. The van der Waals surface area contributed by atoms with Gasteiger partial charge in [-0.2, -0.15) is 10.1 Å². The first kappa shape index (κ1) is 22.3. The molecule has 0 aromatic heterocycles. The van der Waals surface area contributed by atoms with E-state index in [4.69, 9.17) is 16.6 Å². The Morgan fingerprint density at radius 2 is 1.70 bits per heavy atom. The lowest BCUT2D eigenvalue weighted by Crippen LogP contribution is -2.32. The molecule has 7 nitrogen and oxygen atoms in total. The van der Waals surface area contributed by atoms with Gasteiger partial charge in [0, 0.05) is 16.8 Å². The maximum Gasteiger partial charge on any atom is 0.205 e. The van der Waals surface area contributed by atoms with E-state index in [2.05, 4.69) is 66.9 Å². The number of benzene rings is 1. The molecule has 2 aliphatic rings. The number of nitrogens with one attached hydrogen (secondary N) is 2. The highest BCUT2D eigenvalue weighted by molar-refractivity contribution is 6.30. The fourth-order valence-electron chi connectivity index (χ4n) is 3.38. The summed E-state index contributed by atoms with van der Waals surface area (Å²) in [6.07, 6.45) is 0. The molecule has 162 valence electrons. The summed E-state index contributed by atoms with van der Waals surface area (Å²) in [7, 11) is 0. The van der Waals surface area contributed by atoms with Crippen molar-refractivity contribution in [1.82, 2.24) is 19.7 Å². The number of aliphatic hydroxyl groups excluding tert-OH is 1. The SMILES string of the molecule is CC(C)c1nnc2c(Nc3ccc(Cl)cc3)nc(NC(CO)C(C)C)n(C(C)C)c1-2. The van der Waals surface area contributed by atoms with Gasteiger partial charge in [-0.15, -0.1) is 5.10 Å². The molecule has 0 aliphatic carbocycles. The van der Waals surface area contributed by atoms with E-state index in [1.165, 1.54) is 0 Å². The van der Waals surface area contributed by atoms with Crippen molar-refractivity contribution in [3.8, 4) is 11.4 Å². The molecule has 0 saturated carbocycles. The number of aliphatic hydroxyl groups is 1. The summed E-state index contributed by atoms with van der Waals surface area (Å²) in [6.45, 7) is 12.6. The average Bonchev–Trinajstić information content (AvgIpc) is 3.12. The Morgan fingerprint density at radius 3 is 2.23 bits per heavy atom. The number of nitrogens with zero attached hydrogens (tertiary/aromatic N) is 4. The highest BCUT2D eigenvalue weighted by Gasteiger charge is 2.29. The zero-order valence-electron chi connectivity index (χ0n) is 18.4. The number of halogens is 1. The lowest BCUT2D eigenvalue weighted by Gasteiger charge is -2.28. The molecule has 0 radical (unpaired) electrons. The van der Waals surface area contributed by atoms with Crippen molar-refractivity contribution in [1.29, 1.82) is 0 Å². The minimum atomic E-state index is -0.123. The Morgan fingerprint density at radius 1 is 1.03 bits per heavy atom. The van der Waals surface area contributed by atoms with Crippen LogP contribution in [0.15, 0.2) is 24.3 Å². The topological polar surface area (TPSA) is 87.9 Å². The van der Waals surface area contributed by atoms with Crippen molar-refractivity contribution >= 4 is 29.1 Å². The molecule has 0 amide bonds. The third-order valence-electron chi connectivity index (χ3n) is 5.12. The van der Waals surface area contributed by atoms with Gasteiger partial charge in [-0.3, -0.25) is 0 Å². The molecule has 1 aromatic carbocycles. The lowest BCUT2D eigenvalue weighted by molar-refractivity contribution is 0.248. The summed E-state index contributed by atoms with van der Waals surface area (Å²) in [4.78, 5) is 4.88. The Balaban J connectivity index is 2.19. The third kappa shape index (κ3) is 4.52. The molecule has 1 aromatic rings. The maximum absolute atomic E-state index is 9.88. The van der Waals surface area contributed by atoms with Gasteiger partial charge in [0.2, 0.25) is 5.95 Å². The molecule has 0 spiro atoms. The summed E-state index contributed by atoms with van der Waals surface area (Å²) in [6, 6.07) is 7.46. The van der Waals surface area contributed by atoms with Gasteiger partial charge in [0.1, 0.15) is 0 Å². The van der Waals surface area contributed by atoms with Crippen LogP contribution in [0.1, 0.15) is 59.2 Å². The Hall–Kier alpha value is -2.38. The van der Waals surface area contributed by atoms with Crippen LogP contribution < -0.4 is 10.6 Å². The molecular formula is C22H31ClN6O. The van der Waals surface area contributed by atoms with Crippen molar-refractivity contribution in [2.45, 2.75) is 59.5 Å². The van der Waals surface area contributed by atoms with Crippen LogP contribution >= 0.6 is 11.6 Å². The zero-order valence-corrected chi connectivity index (χ0v) is 19.2. The van der Waals surface area contributed by atoms with E-state index in [0.29, 0.717) is 16.8 Å². The monoisotopic (exact) mass is 430 g/mol. The Labute approximate surface area is 183 Å². The number of hydrogen-bond acceptors (Lipinski definition) is 6. The first-order chi connectivity index (χ1) is 14.2. The van der Waals surface area contributed by atoms with Gasteiger partial charge in [0.05, 0.1) is 24.0 Å². The summed E-state index contributed by atoms with van der Waals surface area (Å²) >= 11 is 6.03. The van der Waals surface area contributed by atoms with Gasteiger partial charge < -0.3 is 20.3 Å². The van der Waals surface area contributed by atoms with Crippen LogP contribution in [0.2, 0.25) is 5.02 Å². The van der Waals surface area contributed by atoms with Crippen molar-refractivity contribution in [3.05, 3.63) is 35.0 Å². The maximum atomic E-state index is 9.88. The van der Waals surface area contributed by atoms with E-state index in [1.807, 2.05) is 24.3 Å².